The Bertz CT molecular complexity index is 532. The number of aliphatic carboxylic acids is 1. The number of esters is 1. The number of benzene rings is 1. The Morgan fingerprint density at radius 1 is 1.26 bits per heavy atom. The van der Waals surface area contributed by atoms with Crippen molar-refractivity contribution in [3.63, 3.8) is 0 Å². The van der Waals surface area contributed by atoms with Gasteiger partial charge in [-0.2, -0.15) is 0 Å². The molecular formula is C15H21N2O6-. The Labute approximate surface area is 134 Å². The standard InChI is InChI=1S/C9H8O4.C6H14N2O2/c1-6(10)13-8-5-3-2-4-7(8)9(11)12;7-4-2-1-3-5(8)6(9)10/h2-5H,1H3,(H,11,12);5H,1-4,7-8H2,(H,9,10)/p-1. The van der Waals surface area contributed by atoms with Crippen LogP contribution in [0.1, 0.15) is 36.5 Å². The second kappa shape index (κ2) is 11.2. The van der Waals surface area contributed by atoms with Crippen LogP contribution in [0.25, 0.3) is 0 Å². The lowest BCUT2D eigenvalue weighted by Gasteiger charge is -2.08. The molecule has 0 fully saturated rings. The van der Waals surface area contributed by atoms with Crippen molar-refractivity contribution in [3.8, 4) is 5.75 Å². The first kappa shape index (κ1) is 20.6. The quantitative estimate of drug-likeness (QED) is 0.344. The molecule has 8 heteroatoms. The van der Waals surface area contributed by atoms with Gasteiger partial charge in [0.15, 0.2) is 0 Å². The number of carboxylic acids is 2. The van der Waals surface area contributed by atoms with Gasteiger partial charge in [-0.1, -0.05) is 18.6 Å². The van der Waals surface area contributed by atoms with Crippen LogP contribution in [0.3, 0.4) is 0 Å². The number of unbranched alkanes of at least 4 members (excludes halogenated alkanes) is 1. The Kier molecular flexibility index (Phi) is 9.97. The number of nitrogens with two attached hydrogens (primary N) is 2. The summed E-state index contributed by atoms with van der Waals surface area (Å²) in [7, 11) is 0. The van der Waals surface area contributed by atoms with Crippen molar-refractivity contribution in [2.24, 2.45) is 11.5 Å². The number of hydrogen-bond donors (Lipinski definition) is 3. The van der Waals surface area contributed by atoms with E-state index in [4.69, 9.17) is 16.6 Å². The molecule has 0 saturated carbocycles. The Morgan fingerprint density at radius 2 is 1.87 bits per heavy atom. The summed E-state index contributed by atoms with van der Waals surface area (Å²) in [6.45, 7) is 1.80. The van der Waals surface area contributed by atoms with E-state index >= 15 is 0 Å². The minimum Gasteiger partial charge on any atom is -0.545 e. The zero-order valence-electron chi connectivity index (χ0n) is 12.9. The molecule has 0 aliphatic carbocycles. The lowest BCUT2D eigenvalue weighted by Crippen LogP contribution is -2.29. The van der Waals surface area contributed by atoms with Crippen LogP contribution in [0.5, 0.6) is 5.75 Å². The van der Waals surface area contributed by atoms with Gasteiger partial charge in [0.2, 0.25) is 0 Å². The van der Waals surface area contributed by atoms with E-state index in [9.17, 15) is 19.5 Å². The van der Waals surface area contributed by atoms with Crippen molar-refractivity contribution < 1.29 is 29.3 Å². The Hall–Kier alpha value is -2.45. The number of aromatic carboxylic acids is 1. The average Bonchev–Trinajstić information content (AvgIpc) is 2.47. The summed E-state index contributed by atoms with van der Waals surface area (Å²) in [4.78, 5) is 31.2. The molecule has 1 rings (SSSR count). The van der Waals surface area contributed by atoms with Crippen LogP contribution in [-0.2, 0) is 9.59 Å². The van der Waals surface area contributed by atoms with Crippen molar-refractivity contribution in [3.05, 3.63) is 29.8 Å². The fourth-order valence-corrected chi connectivity index (χ4v) is 1.51. The van der Waals surface area contributed by atoms with E-state index < -0.39 is 23.9 Å². The third kappa shape index (κ3) is 9.22. The van der Waals surface area contributed by atoms with E-state index in [1.54, 1.807) is 6.07 Å². The summed E-state index contributed by atoms with van der Waals surface area (Å²) in [5, 5.41) is 18.8. The highest BCUT2D eigenvalue weighted by atomic mass is 16.5. The van der Waals surface area contributed by atoms with Crippen LogP contribution in [-0.4, -0.2) is 35.6 Å². The first-order valence-corrected chi connectivity index (χ1v) is 6.96. The molecule has 0 amide bonds. The number of rotatable bonds is 7. The van der Waals surface area contributed by atoms with Gasteiger partial charge < -0.3 is 31.2 Å². The van der Waals surface area contributed by atoms with Crippen LogP contribution in [0.4, 0.5) is 0 Å². The molecule has 0 saturated heterocycles. The van der Waals surface area contributed by atoms with Gasteiger partial charge in [-0.05, 0) is 31.5 Å². The van der Waals surface area contributed by atoms with Gasteiger partial charge >= 0.3 is 11.9 Å². The lowest BCUT2D eigenvalue weighted by atomic mass is 10.1. The summed E-state index contributed by atoms with van der Waals surface area (Å²) in [6.07, 6.45) is 2.16. The minimum absolute atomic E-state index is 0.00926. The maximum absolute atomic E-state index is 10.6. The summed E-state index contributed by atoms with van der Waals surface area (Å²) in [5.74, 6) is -2.85. The third-order valence-electron chi connectivity index (χ3n) is 2.65. The molecule has 0 heterocycles. The highest BCUT2D eigenvalue weighted by molar-refractivity contribution is 5.90. The van der Waals surface area contributed by atoms with Crippen LogP contribution >= 0.6 is 0 Å². The SMILES string of the molecule is CC(=O)Oc1ccccc1C(=O)[O-].NCCCCC(N)C(=O)O. The Balaban J connectivity index is 0.000000438. The molecule has 0 radical (unpaired) electrons. The predicted octanol–water partition coefficient (Wildman–Crippen LogP) is -0.497. The molecule has 8 nitrogen and oxygen atoms in total. The smallest absolute Gasteiger partial charge is 0.320 e. The zero-order valence-corrected chi connectivity index (χ0v) is 12.9. The molecule has 0 spiro atoms. The monoisotopic (exact) mass is 325 g/mol. The lowest BCUT2D eigenvalue weighted by molar-refractivity contribution is -0.255. The van der Waals surface area contributed by atoms with Gasteiger partial charge in [0, 0.05) is 12.5 Å². The van der Waals surface area contributed by atoms with Crippen molar-refractivity contribution in [1.82, 2.24) is 0 Å². The molecule has 128 valence electrons. The molecule has 0 aliphatic heterocycles. The largest absolute Gasteiger partial charge is 0.545 e. The van der Waals surface area contributed by atoms with Crippen LogP contribution in [0, 0.1) is 0 Å². The fraction of sp³-hybridized carbons (Fsp3) is 0.400. The van der Waals surface area contributed by atoms with Crippen LogP contribution in [0.2, 0.25) is 0 Å². The Morgan fingerprint density at radius 3 is 2.35 bits per heavy atom. The third-order valence-corrected chi connectivity index (χ3v) is 2.65. The van der Waals surface area contributed by atoms with Gasteiger partial charge in [0.1, 0.15) is 11.8 Å². The first-order chi connectivity index (χ1) is 10.8. The average molecular weight is 325 g/mol. The van der Waals surface area contributed by atoms with Crippen molar-refractivity contribution in [1.29, 1.82) is 0 Å². The molecule has 23 heavy (non-hydrogen) atoms. The number of carbonyl (C=O) groups is 3. The number of carboxylic acid groups (broad SMARTS) is 2. The molecule has 0 bridgehead atoms. The highest BCUT2D eigenvalue weighted by Crippen LogP contribution is 2.16. The second-order valence-electron chi connectivity index (χ2n) is 4.61. The molecular weight excluding hydrogens is 304 g/mol. The molecule has 0 aromatic heterocycles. The van der Waals surface area contributed by atoms with E-state index in [1.165, 1.54) is 25.1 Å². The van der Waals surface area contributed by atoms with Crippen molar-refractivity contribution in [2.75, 3.05) is 6.54 Å². The number of ether oxygens (including phenoxy) is 1. The maximum atomic E-state index is 10.6. The van der Waals surface area contributed by atoms with E-state index in [0.29, 0.717) is 13.0 Å². The van der Waals surface area contributed by atoms with E-state index in [1.807, 2.05) is 0 Å². The van der Waals surface area contributed by atoms with Crippen molar-refractivity contribution >= 4 is 17.9 Å². The second-order valence-corrected chi connectivity index (χ2v) is 4.61. The van der Waals surface area contributed by atoms with E-state index in [2.05, 4.69) is 4.74 Å². The molecule has 0 aliphatic rings. The van der Waals surface area contributed by atoms with Gasteiger partial charge in [-0.15, -0.1) is 0 Å². The highest BCUT2D eigenvalue weighted by Gasteiger charge is 2.09. The van der Waals surface area contributed by atoms with E-state index in [-0.39, 0.29) is 11.3 Å². The molecule has 1 aromatic rings. The van der Waals surface area contributed by atoms with Crippen LogP contribution < -0.4 is 21.3 Å². The van der Waals surface area contributed by atoms with Gasteiger partial charge in [0.25, 0.3) is 0 Å². The first-order valence-electron chi connectivity index (χ1n) is 6.96. The van der Waals surface area contributed by atoms with E-state index in [0.717, 1.165) is 12.8 Å². The summed E-state index contributed by atoms with van der Waals surface area (Å²) < 4.78 is 4.65. The van der Waals surface area contributed by atoms with Gasteiger partial charge in [0.05, 0.1) is 5.97 Å². The zero-order chi connectivity index (χ0) is 17.8. The predicted molar refractivity (Wildman–Crippen MR) is 80.6 cm³/mol. The molecule has 1 unspecified atom stereocenters. The summed E-state index contributed by atoms with van der Waals surface area (Å²) in [6, 6.07) is 5.09. The summed E-state index contributed by atoms with van der Waals surface area (Å²) >= 11 is 0. The summed E-state index contributed by atoms with van der Waals surface area (Å²) in [5.41, 5.74) is 10.3. The number of para-hydroxylation sites is 1. The maximum Gasteiger partial charge on any atom is 0.320 e. The van der Waals surface area contributed by atoms with Gasteiger partial charge in [-0.25, -0.2) is 0 Å². The molecule has 5 N–H and O–H groups in total. The number of hydrogen-bond acceptors (Lipinski definition) is 7. The normalized spacial score (nSPS) is 10.9. The van der Waals surface area contributed by atoms with Crippen LogP contribution in [0.15, 0.2) is 24.3 Å². The van der Waals surface area contributed by atoms with Gasteiger partial charge in [-0.3, -0.25) is 9.59 Å². The molecule has 1 aromatic carbocycles. The fourth-order valence-electron chi connectivity index (χ4n) is 1.51. The minimum atomic E-state index is -1.36. The number of carbonyl (C=O) groups excluding carboxylic acids is 2. The van der Waals surface area contributed by atoms with Crippen molar-refractivity contribution in [2.45, 2.75) is 32.2 Å². The topological polar surface area (TPSA) is 156 Å². The molecule has 1 atom stereocenters.